The first-order chi connectivity index (χ1) is 8.13. The lowest BCUT2D eigenvalue weighted by molar-refractivity contribution is -0.136. The highest BCUT2D eigenvalue weighted by molar-refractivity contribution is 4.70. The fourth-order valence-electron chi connectivity index (χ4n) is 1.72. The fourth-order valence-corrected chi connectivity index (χ4v) is 1.72. The molecule has 0 saturated carbocycles. The van der Waals surface area contributed by atoms with E-state index < -0.39 is 12.6 Å². The minimum Gasteiger partial charge on any atom is -0.327 e. The van der Waals surface area contributed by atoms with E-state index in [0.29, 0.717) is 12.3 Å². The SMILES string of the molecule is CC(C)C(N)CCN(C)C(C)CCCC(F)(F)F. The third-order valence-electron chi connectivity index (χ3n) is 3.51. The topological polar surface area (TPSA) is 29.3 Å². The van der Waals surface area contributed by atoms with E-state index >= 15 is 0 Å². The van der Waals surface area contributed by atoms with Crippen molar-refractivity contribution in [2.75, 3.05) is 13.6 Å². The van der Waals surface area contributed by atoms with Gasteiger partial charge in [0.15, 0.2) is 0 Å². The summed E-state index contributed by atoms with van der Waals surface area (Å²) < 4.78 is 36.1. The number of rotatable bonds is 8. The van der Waals surface area contributed by atoms with Gasteiger partial charge in [0.25, 0.3) is 0 Å². The molecule has 0 aliphatic rings. The van der Waals surface area contributed by atoms with E-state index in [2.05, 4.69) is 18.7 Å². The van der Waals surface area contributed by atoms with Gasteiger partial charge in [0.05, 0.1) is 0 Å². The fraction of sp³-hybridized carbons (Fsp3) is 1.00. The summed E-state index contributed by atoms with van der Waals surface area (Å²) in [5.74, 6) is 0.443. The lowest BCUT2D eigenvalue weighted by Gasteiger charge is -2.27. The van der Waals surface area contributed by atoms with Gasteiger partial charge in [-0.3, -0.25) is 0 Å². The first-order valence-electron chi connectivity index (χ1n) is 6.66. The Morgan fingerprint density at radius 2 is 1.67 bits per heavy atom. The number of alkyl halides is 3. The summed E-state index contributed by atoms with van der Waals surface area (Å²) in [6.45, 7) is 6.97. The van der Waals surface area contributed by atoms with E-state index in [1.165, 1.54) is 0 Å². The molecular formula is C13H27F3N2. The highest BCUT2D eigenvalue weighted by Gasteiger charge is 2.26. The molecule has 0 aliphatic carbocycles. The second-order valence-electron chi connectivity index (χ2n) is 5.53. The average Bonchev–Trinajstić information content (AvgIpc) is 2.23. The van der Waals surface area contributed by atoms with Crippen LogP contribution in [0.3, 0.4) is 0 Å². The first-order valence-corrected chi connectivity index (χ1v) is 6.66. The van der Waals surface area contributed by atoms with Gasteiger partial charge in [0.1, 0.15) is 0 Å². The maximum atomic E-state index is 12.0. The van der Waals surface area contributed by atoms with Crippen LogP contribution in [0.15, 0.2) is 0 Å². The normalized spacial score (nSPS) is 16.3. The van der Waals surface area contributed by atoms with Crippen molar-refractivity contribution in [3.05, 3.63) is 0 Å². The summed E-state index contributed by atoms with van der Waals surface area (Å²) in [4.78, 5) is 2.10. The molecule has 5 heteroatoms. The van der Waals surface area contributed by atoms with Crippen LogP contribution < -0.4 is 5.73 Å². The van der Waals surface area contributed by atoms with Gasteiger partial charge < -0.3 is 10.6 Å². The number of hydrogen-bond acceptors (Lipinski definition) is 2. The minimum atomic E-state index is -4.03. The van der Waals surface area contributed by atoms with Crippen molar-refractivity contribution in [2.24, 2.45) is 11.7 Å². The van der Waals surface area contributed by atoms with Gasteiger partial charge in [-0.15, -0.1) is 0 Å². The molecule has 0 saturated heterocycles. The van der Waals surface area contributed by atoms with Crippen LogP contribution in [0.25, 0.3) is 0 Å². The molecule has 0 aliphatic heterocycles. The first kappa shape index (κ1) is 17.7. The lowest BCUT2D eigenvalue weighted by Crippen LogP contribution is -2.35. The molecule has 0 bridgehead atoms. The molecule has 18 heavy (non-hydrogen) atoms. The minimum absolute atomic E-state index is 0.162. The van der Waals surface area contributed by atoms with E-state index in [1.807, 2.05) is 14.0 Å². The number of nitrogens with two attached hydrogens (primary N) is 1. The van der Waals surface area contributed by atoms with Crippen LogP contribution in [0.4, 0.5) is 13.2 Å². The summed E-state index contributed by atoms with van der Waals surface area (Å²) >= 11 is 0. The molecule has 2 atom stereocenters. The second-order valence-corrected chi connectivity index (χ2v) is 5.53. The van der Waals surface area contributed by atoms with Crippen LogP contribution >= 0.6 is 0 Å². The standard InChI is InChI=1S/C13H27F3N2/c1-10(2)12(17)7-9-18(4)11(3)6-5-8-13(14,15)16/h10-12H,5-9,17H2,1-4H3. The average molecular weight is 268 g/mol. The molecule has 0 aromatic heterocycles. The van der Waals surface area contributed by atoms with E-state index in [4.69, 9.17) is 5.73 Å². The van der Waals surface area contributed by atoms with Crippen LogP contribution in [0.1, 0.15) is 46.5 Å². The van der Waals surface area contributed by atoms with Gasteiger partial charge >= 0.3 is 6.18 Å². The molecule has 2 N–H and O–H groups in total. The molecule has 0 fully saturated rings. The molecule has 2 unspecified atom stereocenters. The van der Waals surface area contributed by atoms with Crippen molar-refractivity contribution in [1.29, 1.82) is 0 Å². The quantitative estimate of drug-likeness (QED) is 0.731. The van der Waals surface area contributed by atoms with E-state index in [0.717, 1.165) is 13.0 Å². The smallest absolute Gasteiger partial charge is 0.327 e. The Labute approximate surface area is 109 Å². The van der Waals surface area contributed by atoms with Crippen molar-refractivity contribution in [2.45, 2.75) is 64.7 Å². The summed E-state index contributed by atoms with van der Waals surface area (Å²) in [5, 5.41) is 0. The molecule has 0 radical (unpaired) electrons. The van der Waals surface area contributed by atoms with Gasteiger partial charge in [-0.25, -0.2) is 0 Å². The molecule has 110 valence electrons. The Morgan fingerprint density at radius 1 is 1.11 bits per heavy atom. The van der Waals surface area contributed by atoms with Crippen LogP contribution in [0.5, 0.6) is 0 Å². The predicted molar refractivity (Wildman–Crippen MR) is 69.4 cm³/mol. The van der Waals surface area contributed by atoms with Gasteiger partial charge in [-0.2, -0.15) is 13.2 Å². The van der Waals surface area contributed by atoms with Crippen molar-refractivity contribution in [3.63, 3.8) is 0 Å². The highest BCUT2D eigenvalue weighted by atomic mass is 19.4. The maximum Gasteiger partial charge on any atom is 0.389 e. The summed E-state index contributed by atoms with van der Waals surface area (Å²) in [7, 11) is 1.95. The molecule has 0 aromatic carbocycles. The van der Waals surface area contributed by atoms with E-state index in [9.17, 15) is 13.2 Å². The Kier molecular flexibility index (Phi) is 7.87. The van der Waals surface area contributed by atoms with Crippen molar-refractivity contribution >= 4 is 0 Å². The van der Waals surface area contributed by atoms with Crippen molar-refractivity contribution in [3.8, 4) is 0 Å². The highest BCUT2D eigenvalue weighted by Crippen LogP contribution is 2.23. The zero-order valence-corrected chi connectivity index (χ0v) is 11.9. The summed E-state index contributed by atoms with van der Waals surface area (Å²) in [5.41, 5.74) is 5.95. The number of hydrogen-bond donors (Lipinski definition) is 1. The van der Waals surface area contributed by atoms with Gasteiger partial charge in [-0.05, 0) is 45.7 Å². The molecule has 0 rings (SSSR count). The van der Waals surface area contributed by atoms with Crippen LogP contribution in [0.2, 0.25) is 0 Å². The van der Waals surface area contributed by atoms with Gasteiger partial charge in [0, 0.05) is 18.5 Å². The number of nitrogens with zero attached hydrogens (tertiary/aromatic N) is 1. The summed E-state index contributed by atoms with van der Waals surface area (Å²) in [6, 6.07) is 0.335. The third kappa shape index (κ3) is 8.75. The second kappa shape index (κ2) is 8.00. The zero-order valence-electron chi connectivity index (χ0n) is 11.9. The van der Waals surface area contributed by atoms with Crippen molar-refractivity contribution in [1.82, 2.24) is 4.90 Å². The molecule has 0 amide bonds. The Bertz CT molecular complexity index is 217. The lowest BCUT2D eigenvalue weighted by atomic mass is 10.0. The molecule has 0 spiro atoms. The zero-order chi connectivity index (χ0) is 14.3. The van der Waals surface area contributed by atoms with Gasteiger partial charge in [0.2, 0.25) is 0 Å². The molecule has 0 heterocycles. The molecule has 2 nitrogen and oxygen atoms in total. The van der Waals surface area contributed by atoms with E-state index in [1.54, 1.807) is 0 Å². The largest absolute Gasteiger partial charge is 0.389 e. The van der Waals surface area contributed by atoms with Crippen LogP contribution in [0, 0.1) is 5.92 Å². The summed E-state index contributed by atoms with van der Waals surface area (Å²) in [6.07, 6.45) is -3.05. The Morgan fingerprint density at radius 3 is 2.11 bits per heavy atom. The third-order valence-corrected chi connectivity index (χ3v) is 3.51. The predicted octanol–water partition coefficient (Wildman–Crippen LogP) is 3.41. The Balaban J connectivity index is 3.79. The Hall–Kier alpha value is -0.290. The van der Waals surface area contributed by atoms with Crippen LogP contribution in [-0.4, -0.2) is 36.8 Å². The maximum absolute atomic E-state index is 12.0. The number of halogens is 3. The van der Waals surface area contributed by atoms with Gasteiger partial charge in [-0.1, -0.05) is 13.8 Å². The molecule has 0 aromatic rings. The van der Waals surface area contributed by atoms with Crippen molar-refractivity contribution < 1.29 is 13.2 Å². The monoisotopic (exact) mass is 268 g/mol. The van der Waals surface area contributed by atoms with E-state index in [-0.39, 0.29) is 18.5 Å². The van der Waals surface area contributed by atoms with Crippen LogP contribution in [-0.2, 0) is 0 Å². The molecular weight excluding hydrogens is 241 g/mol.